The van der Waals surface area contributed by atoms with E-state index in [4.69, 9.17) is 4.52 Å². The van der Waals surface area contributed by atoms with Gasteiger partial charge in [-0.2, -0.15) is 4.98 Å². The van der Waals surface area contributed by atoms with Crippen LogP contribution in [0.4, 0.5) is 6.01 Å². The van der Waals surface area contributed by atoms with Crippen LogP contribution >= 0.6 is 0 Å². The fraction of sp³-hybridized carbons (Fsp3) is 0.778. The summed E-state index contributed by atoms with van der Waals surface area (Å²) < 4.78 is 5.09. The quantitative estimate of drug-likeness (QED) is 0.768. The number of nitrogens with one attached hydrogen (secondary N) is 1. The van der Waals surface area contributed by atoms with E-state index < -0.39 is 0 Å². The topological polar surface area (TPSA) is 51.0 Å². The molecule has 0 aromatic carbocycles. The van der Waals surface area contributed by atoms with Crippen LogP contribution in [-0.2, 0) is 0 Å². The van der Waals surface area contributed by atoms with Gasteiger partial charge in [0.1, 0.15) is 0 Å². The highest BCUT2D eigenvalue weighted by molar-refractivity contribution is 5.26. The van der Waals surface area contributed by atoms with Gasteiger partial charge in [0.05, 0.1) is 0 Å². The van der Waals surface area contributed by atoms with Crippen LogP contribution in [0.2, 0.25) is 0 Å². The van der Waals surface area contributed by atoms with Gasteiger partial charge in [-0.1, -0.05) is 12.1 Å². The molecule has 0 radical (unpaired) electrons. The minimum Gasteiger partial charge on any atom is -0.335 e. The summed E-state index contributed by atoms with van der Waals surface area (Å²) in [4.78, 5) is 4.30. The first-order chi connectivity index (χ1) is 6.33. The minimum atomic E-state index is 0.563. The van der Waals surface area contributed by atoms with Gasteiger partial charge in [0.25, 0.3) is 0 Å². The van der Waals surface area contributed by atoms with Gasteiger partial charge in [-0.15, -0.1) is 0 Å². The molecule has 70 valence electrons. The van der Waals surface area contributed by atoms with Crippen molar-refractivity contribution in [2.75, 3.05) is 5.32 Å². The van der Waals surface area contributed by atoms with Crippen molar-refractivity contribution in [2.45, 2.75) is 38.1 Å². The van der Waals surface area contributed by atoms with Crippen molar-refractivity contribution in [3.8, 4) is 0 Å². The summed E-state index contributed by atoms with van der Waals surface area (Å²) in [5.41, 5.74) is 0. The van der Waals surface area contributed by atoms with Crippen molar-refractivity contribution >= 4 is 6.01 Å². The standard InChI is InChI=1S/C9H13N3O/c1-5-4-7(5)10-9-11-8(12-13-9)6-2-3-6/h5-7H,2-4H2,1H3,(H,10,11,12). The van der Waals surface area contributed by atoms with E-state index in [1.165, 1.54) is 19.3 Å². The van der Waals surface area contributed by atoms with Gasteiger partial charge in [-0.05, 0) is 25.2 Å². The molecule has 0 aliphatic heterocycles. The Balaban J connectivity index is 1.67. The molecule has 4 heteroatoms. The average molecular weight is 179 g/mol. The third-order valence-electron chi connectivity index (χ3n) is 2.80. The van der Waals surface area contributed by atoms with E-state index in [1.54, 1.807) is 0 Å². The molecule has 2 atom stereocenters. The average Bonchev–Trinajstić information content (AvgIpc) is 2.99. The van der Waals surface area contributed by atoms with Crippen LogP contribution in [0.5, 0.6) is 0 Å². The van der Waals surface area contributed by atoms with Gasteiger partial charge < -0.3 is 9.84 Å². The summed E-state index contributed by atoms with van der Waals surface area (Å²) in [5, 5.41) is 7.16. The molecule has 0 amide bonds. The van der Waals surface area contributed by atoms with Gasteiger partial charge >= 0.3 is 6.01 Å². The SMILES string of the molecule is CC1CC1Nc1nc(C2CC2)no1. The van der Waals surface area contributed by atoms with E-state index in [1.807, 2.05) is 0 Å². The molecule has 1 N–H and O–H groups in total. The molecule has 1 aromatic heterocycles. The molecular weight excluding hydrogens is 166 g/mol. The van der Waals surface area contributed by atoms with Crippen molar-refractivity contribution in [3.63, 3.8) is 0 Å². The van der Waals surface area contributed by atoms with Crippen LogP contribution < -0.4 is 5.32 Å². The molecule has 2 saturated carbocycles. The monoisotopic (exact) mass is 179 g/mol. The largest absolute Gasteiger partial charge is 0.335 e. The highest BCUT2D eigenvalue weighted by Crippen LogP contribution is 2.39. The number of aromatic nitrogens is 2. The normalized spacial score (nSPS) is 31.8. The minimum absolute atomic E-state index is 0.563. The molecule has 2 aliphatic rings. The molecule has 4 nitrogen and oxygen atoms in total. The van der Waals surface area contributed by atoms with Gasteiger partial charge in [-0.25, -0.2) is 0 Å². The van der Waals surface area contributed by atoms with Crippen LogP contribution in [0.25, 0.3) is 0 Å². The van der Waals surface area contributed by atoms with Crippen molar-refractivity contribution in [1.29, 1.82) is 0 Å². The fourth-order valence-corrected chi connectivity index (χ4v) is 1.48. The Bertz CT molecular complexity index is 318. The lowest BCUT2D eigenvalue weighted by atomic mass is 10.4. The molecule has 0 saturated heterocycles. The third-order valence-corrected chi connectivity index (χ3v) is 2.80. The van der Waals surface area contributed by atoms with Gasteiger partial charge in [0.2, 0.25) is 0 Å². The Morgan fingerprint density at radius 2 is 2.23 bits per heavy atom. The first kappa shape index (κ1) is 7.35. The maximum Gasteiger partial charge on any atom is 0.321 e. The van der Waals surface area contributed by atoms with E-state index in [2.05, 4.69) is 22.4 Å². The van der Waals surface area contributed by atoms with Crippen LogP contribution in [0.1, 0.15) is 37.9 Å². The maximum atomic E-state index is 5.09. The number of nitrogens with zero attached hydrogens (tertiary/aromatic N) is 2. The number of hydrogen-bond donors (Lipinski definition) is 1. The molecule has 1 aromatic rings. The Labute approximate surface area is 76.7 Å². The smallest absolute Gasteiger partial charge is 0.321 e. The third kappa shape index (κ3) is 1.41. The van der Waals surface area contributed by atoms with Gasteiger partial charge in [0.15, 0.2) is 5.82 Å². The second-order valence-corrected chi connectivity index (χ2v) is 4.20. The Morgan fingerprint density at radius 3 is 2.85 bits per heavy atom. The van der Waals surface area contributed by atoms with Crippen molar-refractivity contribution in [1.82, 2.24) is 10.1 Å². The zero-order valence-corrected chi connectivity index (χ0v) is 7.66. The molecule has 13 heavy (non-hydrogen) atoms. The van der Waals surface area contributed by atoms with E-state index >= 15 is 0 Å². The molecule has 1 heterocycles. The van der Waals surface area contributed by atoms with Crippen LogP contribution in [-0.4, -0.2) is 16.2 Å². The van der Waals surface area contributed by atoms with Gasteiger partial charge in [-0.3, -0.25) is 0 Å². The van der Waals surface area contributed by atoms with Crippen LogP contribution in [0, 0.1) is 5.92 Å². The maximum absolute atomic E-state index is 5.09. The van der Waals surface area contributed by atoms with E-state index in [0.717, 1.165) is 11.7 Å². The first-order valence-corrected chi connectivity index (χ1v) is 4.93. The Kier molecular flexibility index (Phi) is 1.39. The fourth-order valence-electron chi connectivity index (χ4n) is 1.48. The molecule has 0 spiro atoms. The van der Waals surface area contributed by atoms with Gasteiger partial charge in [0, 0.05) is 12.0 Å². The number of rotatable bonds is 3. The molecule has 0 bridgehead atoms. The van der Waals surface area contributed by atoms with Crippen molar-refractivity contribution in [2.24, 2.45) is 5.92 Å². The lowest BCUT2D eigenvalue weighted by Gasteiger charge is -1.94. The molecule has 2 fully saturated rings. The molecular formula is C9H13N3O. The van der Waals surface area contributed by atoms with E-state index in [-0.39, 0.29) is 0 Å². The second-order valence-electron chi connectivity index (χ2n) is 4.20. The lowest BCUT2D eigenvalue weighted by Crippen LogP contribution is -2.03. The summed E-state index contributed by atoms with van der Waals surface area (Å²) >= 11 is 0. The Hall–Kier alpha value is -1.06. The summed E-state index contributed by atoms with van der Waals surface area (Å²) in [6.07, 6.45) is 3.67. The highest BCUT2D eigenvalue weighted by atomic mass is 16.5. The zero-order chi connectivity index (χ0) is 8.84. The van der Waals surface area contributed by atoms with E-state index in [0.29, 0.717) is 18.0 Å². The van der Waals surface area contributed by atoms with Crippen LogP contribution in [0.3, 0.4) is 0 Å². The number of anilines is 1. The second kappa shape index (κ2) is 2.47. The van der Waals surface area contributed by atoms with Crippen molar-refractivity contribution in [3.05, 3.63) is 5.82 Å². The Morgan fingerprint density at radius 1 is 1.46 bits per heavy atom. The molecule has 3 rings (SSSR count). The van der Waals surface area contributed by atoms with Crippen molar-refractivity contribution < 1.29 is 4.52 Å². The number of hydrogen-bond acceptors (Lipinski definition) is 4. The molecule has 2 unspecified atom stereocenters. The first-order valence-electron chi connectivity index (χ1n) is 4.93. The lowest BCUT2D eigenvalue weighted by molar-refractivity contribution is 0.422. The highest BCUT2D eigenvalue weighted by Gasteiger charge is 2.34. The summed E-state index contributed by atoms with van der Waals surface area (Å²) in [6.45, 7) is 2.22. The van der Waals surface area contributed by atoms with E-state index in [9.17, 15) is 0 Å². The summed E-state index contributed by atoms with van der Waals surface area (Å²) in [6, 6.07) is 1.17. The predicted octanol–water partition coefficient (Wildman–Crippen LogP) is 1.77. The zero-order valence-electron chi connectivity index (χ0n) is 7.66. The summed E-state index contributed by atoms with van der Waals surface area (Å²) in [5.74, 6) is 2.23. The predicted molar refractivity (Wildman–Crippen MR) is 47.5 cm³/mol. The molecule has 2 aliphatic carbocycles. The van der Waals surface area contributed by atoms with Crippen LogP contribution in [0.15, 0.2) is 4.52 Å². The summed E-state index contributed by atoms with van der Waals surface area (Å²) in [7, 11) is 0.